The van der Waals surface area contributed by atoms with Crippen LogP contribution in [0.4, 0.5) is 5.69 Å². The predicted octanol–water partition coefficient (Wildman–Crippen LogP) is 5.33. The summed E-state index contributed by atoms with van der Waals surface area (Å²) in [6.07, 6.45) is 1.88. The average molecular weight is 482 g/mol. The minimum Gasteiger partial charge on any atom is -0.326 e. The van der Waals surface area contributed by atoms with Gasteiger partial charge in [0.25, 0.3) is 5.91 Å². The van der Waals surface area contributed by atoms with Gasteiger partial charge in [-0.15, -0.1) is 0 Å². The van der Waals surface area contributed by atoms with Crippen LogP contribution in [-0.4, -0.2) is 27.6 Å². The molecule has 138 valence electrons. The lowest BCUT2D eigenvalue weighted by molar-refractivity contribution is -0.122. The molecular formula is C19H14BrClN2O2S2. The molecule has 8 heteroatoms. The Balaban J connectivity index is 1.62. The maximum atomic E-state index is 12.6. The zero-order valence-corrected chi connectivity index (χ0v) is 17.9. The molecule has 0 saturated carbocycles. The summed E-state index contributed by atoms with van der Waals surface area (Å²) >= 11 is 16.0. The summed E-state index contributed by atoms with van der Waals surface area (Å²) in [5.74, 6) is -0.391. The molecule has 1 saturated heterocycles. The van der Waals surface area contributed by atoms with Gasteiger partial charge < -0.3 is 5.32 Å². The van der Waals surface area contributed by atoms with Gasteiger partial charge in [0.2, 0.25) is 5.91 Å². The molecule has 2 aromatic rings. The highest BCUT2D eigenvalue weighted by molar-refractivity contribution is 9.10. The number of hydrogen-bond donors (Lipinski definition) is 1. The summed E-state index contributed by atoms with van der Waals surface area (Å²) in [5, 5.41) is 3.37. The van der Waals surface area contributed by atoms with Crippen LogP contribution in [0.25, 0.3) is 6.08 Å². The summed E-state index contributed by atoms with van der Waals surface area (Å²) in [4.78, 5) is 26.7. The lowest BCUT2D eigenvalue weighted by Crippen LogP contribution is -2.31. The summed E-state index contributed by atoms with van der Waals surface area (Å²) in [7, 11) is 0. The fraction of sp³-hybridized carbons (Fsp3) is 0.105. The minimum absolute atomic E-state index is 0.151. The lowest BCUT2D eigenvalue weighted by Gasteiger charge is -2.14. The maximum Gasteiger partial charge on any atom is 0.266 e. The predicted molar refractivity (Wildman–Crippen MR) is 119 cm³/mol. The van der Waals surface area contributed by atoms with E-state index in [9.17, 15) is 9.59 Å². The lowest BCUT2D eigenvalue weighted by atomic mass is 10.2. The van der Waals surface area contributed by atoms with E-state index in [1.54, 1.807) is 18.2 Å². The van der Waals surface area contributed by atoms with Crippen molar-refractivity contribution in [1.29, 1.82) is 0 Å². The fourth-order valence-electron chi connectivity index (χ4n) is 2.43. The van der Waals surface area contributed by atoms with Crippen LogP contribution < -0.4 is 5.32 Å². The highest BCUT2D eigenvalue weighted by Crippen LogP contribution is 2.33. The number of halogens is 2. The Labute approximate surface area is 180 Å². The Morgan fingerprint density at radius 1 is 1.26 bits per heavy atom. The van der Waals surface area contributed by atoms with Crippen molar-refractivity contribution in [3.05, 3.63) is 68.5 Å². The van der Waals surface area contributed by atoms with Crippen molar-refractivity contribution in [2.75, 3.05) is 11.9 Å². The molecule has 0 radical (unpaired) electrons. The Bertz CT molecular complexity index is 949. The quantitative estimate of drug-likeness (QED) is 0.463. The number of hydrogen-bond acceptors (Lipinski definition) is 4. The second kappa shape index (κ2) is 9.01. The van der Waals surface area contributed by atoms with Gasteiger partial charge in [0.15, 0.2) is 0 Å². The minimum atomic E-state index is -0.208. The average Bonchev–Trinajstić information content (AvgIpc) is 2.88. The largest absolute Gasteiger partial charge is 0.326 e. The van der Waals surface area contributed by atoms with Crippen molar-refractivity contribution in [3.63, 3.8) is 0 Å². The van der Waals surface area contributed by atoms with Crippen LogP contribution in [0, 0.1) is 0 Å². The first-order chi connectivity index (χ1) is 12.9. The number of nitrogens with one attached hydrogen (secondary N) is 1. The van der Waals surface area contributed by atoms with Crippen LogP contribution in [0.5, 0.6) is 0 Å². The monoisotopic (exact) mass is 480 g/mol. The molecule has 4 nitrogen and oxygen atoms in total. The van der Waals surface area contributed by atoms with Crippen molar-refractivity contribution >= 4 is 79.4 Å². The highest BCUT2D eigenvalue weighted by Gasteiger charge is 2.32. The van der Waals surface area contributed by atoms with Crippen LogP contribution in [0.3, 0.4) is 0 Å². The fourth-order valence-corrected chi connectivity index (χ4v) is 4.32. The van der Waals surface area contributed by atoms with Gasteiger partial charge in [-0.2, -0.15) is 0 Å². The van der Waals surface area contributed by atoms with E-state index < -0.39 is 0 Å². The van der Waals surface area contributed by atoms with E-state index in [0.717, 1.165) is 10.0 Å². The normalized spacial score (nSPS) is 15.5. The molecule has 3 rings (SSSR count). The zero-order valence-electron chi connectivity index (χ0n) is 13.9. The SMILES string of the molecule is O=C(CCN1C(=O)C(=Cc2ccccc2Cl)SC1=S)Nc1cccc(Br)c1. The van der Waals surface area contributed by atoms with E-state index in [1.165, 1.54) is 16.7 Å². The van der Waals surface area contributed by atoms with Gasteiger partial charge >= 0.3 is 0 Å². The molecule has 2 aromatic carbocycles. The molecule has 0 bridgehead atoms. The molecule has 0 unspecified atom stereocenters. The van der Waals surface area contributed by atoms with Gasteiger partial charge in [-0.3, -0.25) is 14.5 Å². The summed E-state index contributed by atoms with van der Waals surface area (Å²) in [6, 6.07) is 14.6. The number of benzene rings is 2. The topological polar surface area (TPSA) is 49.4 Å². The number of nitrogens with zero attached hydrogens (tertiary/aromatic N) is 1. The third kappa shape index (κ3) is 5.19. The molecule has 1 heterocycles. The van der Waals surface area contributed by atoms with Crippen molar-refractivity contribution in [2.24, 2.45) is 0 Å². The number of anilines is 1. The molecular weight excluding hydrogens is 468 g/mol. The van der Waals surface area contributed by atoms with Gasteiger partial charge in [-0.05, 0) is 35.9 Å². The van der Waals surface area contributed by atoms with E-state index >= 15 is 0 Å². The summed E-state index contributed by atoms with van der Waals surface area (Å²) in [5.41, 5.74) is 1.45. The molecule has 0 aliphatic carbocycles. The number of carbonyl (C=O) groups is 2. The van der Waals surface area contributed by atoms with Crippen LogP contribution in [0.2, 0.25) is 5.02 Å². The van der Waals surface area contributed by atoms with E-state index in [1.807, 2.05) is 36.4 Å². The van der Waals surface area contributed by atoms with Crippen molar-refractivity contribution < 1.29 is 9.59 Å². The zero-order chi connectivity index (χ0) is 19.4. The third-order valence-corrected chi connectivity index (χ3v) is 5.95. The van der Waals surface area contributed by atoms with Crippen molar-refractivity contribution in [2.45, 2.75) is 6.42 Å². The van der Waals surface area contributed by atoms with Gasteiger partial charge in [0.05, 0.1) is 4.91 Å². The molecule has 0 aromatic heterocycles. The Morgan fingerprint density at radius 2 is 2.04 bits per heavy atom. The van der Waals surface area contributed by atoms with Gasteiger partial charge in [0.1, 0.15) is 4.32 Å². The second-order valence-electron chi connectivity index (χ2n) is 5.66. The number of amides is 2. The molecule has 1 fully saturated rings. The Kier molecular flexibility index (Phi) is 6.70. The standard InChI is InChI=1S/C19H14BrClN2O2S2/c20-13-5-3-6-14(11-13)22-17(24)8-9-23-18(25)16(27-19(23)26)10-12-4-1-2-7-15(12)21/h1-7,10-11H,8-9H2,(H,22,24). The summed E-state index contributed by atoms with van der Waals surface area (Å²) < 4.78 is 1.32. The van der Waals surface area contributed by atoms with Gasteiger partial charge in [0, 0.05) is 28.1 Å². The highest BCUT2D eigenvalue weighted by atomic mass is 79.9. The van der Waals surface area contributed by atoms with Gasteiger partial charge in [-0.1, -0.05) is 75.8 Å². The number of carbonyl (C=O) groups excluding carboxylic acids is 2. The van der Waals surface area contributed by atoms with E-state index in [2.05, 4.69) is 21.2 Å². The van der Waals surface area contributed by atoms with Crippen LogP contribution >= 0.6 is 51.5 Å². The molecule has 0 atom stereocenters. The Morgan fingerprint density at radius 3 is 2.78 bits per heavy atom. The third-order valence-electron chi connectivity index (χ3n) is 3.74. The van der Waals surface area contributed by atoms with Crippen molar-refractivity contribution in [1.82, 2.24) is 4.90 Å². The summed E-state index contributed by atoms with van der Waals surface area (Å²) in [6.45, 7) is 0.227. The molecule has 1 aliphatic rings. The number of thioether (sulfide) groups is 1. The molecule has 1 N–H and O–H groups in total. The van der Waals surface area contributed by atoms with E-state index in [4.69, 9.17) is 23.8 Å². The van der Waals surface area contributed by atoms with Gasteiger partial charge in [-0.25, -0.2) is 0 Å². The molecule has 2 amide bonds. The second-order valence-corrected chi connectivity index (χ2v) is 8.66. The van der Waals surface area contributed by atoms with E-state index in [-0.39, 0.29) is 24.8 Å². The Hall–Kier alpha value is -1.67. The van der Waals surface area contributed by atoms with Crippen molar-refractivity contribution in [3.8, 4) is 0 Å². The number of rotatable bonds is 5. The first kappa shape index (κ1) is 20.1. The smallest absolute Gasteiger partial charge is 0.266 e. The maximum absolute atomic E-state index is 12.6. The first-order valence-corrected chi connectivity index (χ1v) is 10.4. The molecule has 1 aliphatic heterocycles. The van der Waals surface area contributed by atoms with Crippen LogP contribution in [0.1, 0.15) is 12.0 Å². The van der Waals surface area contributed by atoms with Crippen LogP contribution in [-0.2, 0) is 9.59 Å². The van der Waals surface area contributed by atoms with E-state index in [0.29, 0.717) is 19.9 Å². The van der Waals surface area contributed by atoms with Crippen LogP contribution in [0.15, 0.2) is 57.9 Å². The first-order valence-electron chi connectivity index (χ1n) is 7.99. The molecule has 0 spiro atoms. The number of thiocarbonyl (C=S) groups is 1. The molecule has 27 heavy (non-hydrogen) atoms.